The first kappa shape index (κ1) is 42.0. The summed E-state index contributed by atoms with van der Waals surface area (Å²) >= 11 is 0. The number of nitrogens with one attached hydrogen (secondary N) is 2. The lowest BCUT2D eigenvalue weighted by atomic mass is 9.86. The number of hydrogen-bond donors (Lipinski definition) is 6. The molecule has 3 rings (SSSR count). The summed E-state index contributed by atoms with van der Waals surface area (Å²) in [6, 6.07) is 12.4. The van der Waals surface area contributed by atoms with Gasteiger partial charge in [-0.15, -0.1) is 0 Å². The van der Waals surface area contributed by atoms with Gasteiger partial charge in [0.1, 0.15) is 17.4 Å². The van der Waals surface area contributed by atoms with Crippen molar-refractivity contribution in [3.05, 3.63) is 71.5 Å². The molecule has 0 bridgehead atoms. The van der Waals surface area contributed by atoms with Gasteiger partial charge in [-0.25, -0.2) is 9.18 Å². The molecule has 1 aliphatic rings. The van der Waals surface area contributed by atoms with E-state index in [1.54, 1.807) is 17.0 Å². The van der Waals surface area contributed by atoms with Crippen LogP contribution in [-0.2, 0) is 32.1 Å². The molecule has 1 aliphatic heterocycles. The molecule has 9 N–H and O–H groups in total. The number of urea groups is 1. The van der Waals surface area contributed by atoms with Gasteiger partial charge in [-0.2, -0.15) is 0 Å². The van der Waals surface area contributed by atoms with Gasteiger partial charge in [0.2, 0.25) is 11.8 Å². The molecule has 13 nitrogen and oxygen atoms in total. The van der Waals surface area contributed by atoms with Crippen LogP contribution < -0.4 is 27.8 Å². The average Bonchev–Trinajstić information content (AvgIpc) is 3.11. The molecule has 0 spiro atoms. The third kappa shape index (κ3) is 13.0. The number of carbonyl (C=O) groups excluding carboxylic acids is 4. The normalized spacial score (nSPS) is 15.7. The van der Waals surface area contributed by atoms with Crippen molar-refractivity contribution in [2.24, 2.45) is 29.0 Å². The number of unbranched alkanes of at least 4 members (excludes halogenated alkanes) is 1. The highest BCUT2D eigenvalue weighted by Gasteiger charge is 2.40. The van der Waals surface area contributed by atoms with Crippen LogP contribution in [0.5, 0.6) is 0 Å². The van der Waals surface area contributed by atoms with E-state index in [2.05, 4.69) is 10.6 Å². The molecule has 0 unspecified atom stereocenters. The van der Waals surface area contributed by atoms with E-state index in [1.165, 1.54) is 17.0 Å². The summed E-state index contributed by atoms with van der Waals surface area (Å²) in [6.07, 6.45) is 2.22. The zero-order valence-electron chi connectivity index (χ0n) is 30.4. The predicted molar refractivity (Wildman–Crippen MR) is 196 cm³/mol. The van der Waals surface area contributed by atoms with Crippen LogP contribution in [0.3, 0.4) is 0 Å². The summed E-state index contributed by atoms with van der Waals surface area (Å²) in [4.78, 5) is 70.1. The highest BCUT2D eigenvalue weighted by Crippen LogP contribution is 2.25. The maximum absolute atomic E-state index is 14.0. The molecule has 0 saturated carbocycles. The number of Topliss-reactive ketones (excluding diaryl/α,β-unsaturated/α-hetero) is 1. The average molecular weight is 726 g/mol. The zero-order valence-corrected chi connectivity index (χ0v) is 30.4. The van der Waals surface area contributed by atoms with Crippen molar-refractivity contribution >= 4 is 29.6 Å². The van der Waals surface area contributed by atoms with E-state index >= 15 is 0 Å². The van der Waals surface area contributed by atoms with Gasteiger partial charge in [-0.1, -0.05) is 62.7 Å². The highest BCUT2D eigenvalue weighted by molar-refractivity contribution is 5.94. The molecule has 0 radical (unpaired) electrons. The molecule has 1 fully saturated rings. The Bertz CT molecular complexity index is 1470. The Morgan fingerprint density at radius 1 is 0.904 bits per heavy atom. The predicted octanol–water partition coefficient (Wildman–Crippen LogP) is 2.55. The standard InChI is InChI=1S/C38H56FN7O6/c1-26(2)22-31(33(47)24-29(10-6-7-17-40)35(49)45-19-15-38(42,16-20-45)36(50)51)43-34(48)32(23-27-8-4-3-5-9-27)44-37(52)46(21-18-41)25-28-11-13-30(39)14-12-28/h3-5,8-9,11-14,26,29,31-32H,6-7,10,15-25,40-42H2,1-2H3,(H,43,48)(H,44,52)(H,50,51)/t29-,31+,32+/m0/s1. The number of piperidine rings is 1. The maximum Gasteiger partial charge on any atom is 0.323 e. The lowest BCUT2D eigenvalue weighted by molar-refractivity contribution is -0.149. The van der Waals surface area contributed by atoms with Crippen molar-refractivity contribution in [2.45, 2.75) is 89.4 Å². The van der Waals surface area contributed by atoms with Crippen molar-refractivity contribution < 1.29 is 33.5 Å². The Morgan fingerprint density at radius 2 is 1.56 bits per heavy atom. The molecular formula is C38H56FN7O6. The zero-order chi connectivity index (χ0) is 38.3. The Kier molecular flexibility index (Phi) is 16.6. The minimum atomic E-state index is -1.40. The Labute approximate surface area is 305 Å². The van der Waals surface area contributed by atoms with Crippen LogP contribution in [0.1, 0.15) is 69.9 Å². The fraction of sp³-hybridized carbons (Fsp3) is 0.553. The maximum atomic E-state index is 14.0. The summed E-state index contributed by atoms with van der Waals surface area (Å²) in [5, 5.41) is 15.3. The van der Waals surface area contributed by atoms with Gasteiger partial charge in [-0.3, -0.25) is 19.2 Å². The van der Waals surface area contributed by atoms with Crippen molar-refractivity contribution in [2.75, 3.05) is 32.7 Å². The SMILES string of the molecule is CC(C)C[C@@H](NC(=O)[C@@H](Cc1ccccc1)NC(=O)N(CCN)Cc1ccc(F)cc1)C(=O)C[C@H](CCCCN)C(=O)N1CCC(N)(C(=O)O)CC1. The number of nitrogens with two attached hydrogens (primary N) is 3. The lowest BCUT2D eigenvalue weighted by Gasteiger charge is -2.38. The van der Waals surface area contributed by atoms with Gasteiger partial charge in [-0.05, 0) is 67.8 Å². The summed E-state index contributed by atoms with van der Waals surface area (Å²) in [5.74, 6) is -3.30. The minimum Gasteiger partial charge on any atom is -0.480 e. The summed E-state index contributed by atoms with van der Waals surface area (Å²) in [6.45, 7) is 5.08. The number of amides is 4. The molecule has 52 heavy (non-hydrogen) atoms. The quantitative estimate of drug-likeness (QED) is 0.111. The van der Waals surface area contributed by atoms with Crippen molar-refractivity contribution in [3.8, 4) is 0 Å². The smallest absolute Gasteiger partial charge is 0.323 e. The first-order chi connectivity index (χ1) is 24.8. The van der Waals surface area contributed by atoms with E-state index in [9.17, 15) is 33.5 Å². The molecule has 4 amide bonds. The number of ketones is 1. The van der Waals surface area contributed by atoms with Crippen LogP contribution in [-0.4, -0.2) is 94.9 Å². The second kappa shape index (κ2) is 20.6. The second-order valence-electron chi connectivity index (χ2n) is 14.2. The molecule has 1 heterocycles. The number of likely N-dealkylation sites (tertiary alicyclic amines) is 1. The van der Waals surface area contributed by atoms with Crippen molar-refractivity contribution in [1.82, 2.24) is 20.4 Å². The van der Waals surface area contributed by atoms with Crippen LogP contribution in [0.4, 0.5) is 9.18 Å². The van der Waals surface area contributed by atoms with Gasteiger partial charge in [0, 0.05) is 51.5 Å². The fourth-order valence-electron chi connectivity index (χ4n) is 6.36. The third-order valence-corrected chi connectivity index (χ3v) is 9.48. The number of rotatable bonds is 20. The van der Waals surface area contributed by atoms with Crippen molar-refractivity contribution in [1.29, 1.82) is 0 Å². The van der Waals surface area contributed by atoms with Crippen molar-refractivity contribution in [3.63, 3.8) is 0 Å². The van der Waals surface area contributed by atoms with E-state index in [0.29, 0.717) is 37.8 Å². The number of hydrogen-bond acceptors (Lipinski definition) is 8. The lowest BCUT2D eigenvalue weighted by Crippen LogP contribution is -2.57. The Balaban J connectivity index is 1.81. The largest absolute Gasteiger partial charge is 0.480 e. The van der Waals surface area contributed by atoms with Crippen LogP contribution in [0.2, 0.25) is 0 Å². The van der Waals surface area contributed by atoms with Crippen LogP contribution >= 0.6 is 0 Å². The molecule has 1 saturated heterocycles. The number of carboxylic acid groups (broad SMARTS) is 1. The van der Waals surface area contributed by atoms with E-state index in [0.717, 1.165) is 5.56 Å². The molecule has 0 aliphatic carbocycles. The topological polar surface area (TPSA) is 214 Å². The summed E-state index contributed by atoms with van der Waals surface area (Å²) in [7, 11) is 0. The van der Waals surface area contributed by atoms with Crippen LogP contribution in [0.25, 0.3) is 0 Å². The highest BCUT2D eigenvalue weighted by atomic mass is 19.1. The monoisotopic (exact) mass is 725 g/mol. The number of halogens is 1. The third-order valence-electron chi connectivity index (χ3n) is 9.48. The number of benzene rings is 2. The van der Waals surface area contributed by atoms with Gasteiger partial charge in [0.15, 0.2) is 5.78 Å². The van der Waals surface area contributed by atoms with Crippen LogP contribution in [0.15, 0.2) is 54.6 Å². The molecule has 2 aromatic rings. The molecule has 0 aromatic heterocycles. The Hall–Kier alpha value is -4.40. The molecule has 286 valence electrons. The second-order valence-corrected chi connectivity index (χ2v) is 14.2. The minimum absolute atomic E-state index is 0.00866. The van der Waals surface area contributed by atoms with E-state index in [4.69, 9.17) is 17.2 Å². The van der Waals surface area contributed by atoms with E-state index < -0.39 is 47.3 Å². The van der Waals surface area contributed by atoms with E-state index in [1.807, 2.05) is 44.2 Å². The number of carboxylic acids is 1. The first-order valence-corrected chi connectivity index (χ1v) is 18.1. The van der Waals surface area contributed by atoms with Crippen LogP contribution in [0, 0.1) is 17.7 Å². The van der Waals surface area contributed by atoms with Gasteiger partial charge >= 0.3 is 12.0 Å². The fourth-order valence-corrected chi connectivity index (χ4v) is 6.36. The molecule has 2 aromatic carbocycles. The Morgan fingerprint density at radius 3 is 2.13 bits per heavy atom. The molecule has 3 atom stereocenters. The number of nitrogens with zero attached hydrogens (tertiary/aromatic N) is 2. The van der Waals surface area contributed by atoms with Gasteiger partial charge < -0.3 is 42.7 Å². The van der Waals surface area contributed by atoms with Gasteiger partial charge in [0.05, 0.1) is 6.04 Å². The first-order valence-electron chi connectivity index (χ1n) is 18.1. The summed E-state index contributed by atoms with van der Waals surface area (Å²) in [5.41, 5.74) is 17.6. The van der Waals surface area contributed by atoms with E-state index in [-0.39, 0.29) is 76.0 Å². The number of carbonyl (C=O) groups is 5. The number of aliphatic carboxylic acids is 1. The van der Waals surface area contributed by atoms with Gasteiger partial charge in [0.25, 0.3) is 0 Å². The summed E-state index contributed by atoms with van der Waals surface area (Å²) < 4.78 is 13.5. The molecular weight excluding hydrogens is 669 g/mol. The molecule has 14 heteroatoms.